The Bertz CT molecular complexity index is 284. The van der Waals surface area contributed by atoms with Crippen LogP contribution in [0.4, 0.5) is 0 Å². The lowest BCUT2D eigenvalue weighted by Crippen LogP contribution is -2.41. The van der Waals surface area contributed by atoms with Crippen LogP contribution in [0.1, 0.15) is 25.5 Å². The van der Waals surface area contributed by atoms with Gasteiger partial charge in [-0.3, -0.25) is 0 Å². The van der Waals surface area contributed by atoms with E-state index < -0.39 is 0 Å². The van der Waals surface area contributed by atoms with Gasteiger partial charge in [0.05, 0.1) is 6.54 Å². The Morgan fingerprint density at radius 2 is 2.38 bits per heavy atom. The zero-order valence-corrected chi connectivity index (χ0v) is 9.87. The van der Waals surface area contributed by atoms with Crippen molar-refractivity contribution in [3.8, 4) is 0 Å². The summed E-state index contributed by atoms with van der Waals surface area (Å²) in [5.74, 6) is 1.89. The number of furan rings is 1. The first-order chi connectivity index (χ1) is 6.25. The van der Waals surface area contributed by atoms with Crippen molar-refractivity contribution in [1.29, 1.82) is 0 Å². The number of halogens is 1. The van der Waals surface area contributed by atoms with E-state index in [1.165, 1.54) is 12.8 Å². The smallest absolute Gasteiger partial charge is 0.164 e. The standard InChI is InChI=1S/C10H14INO/c1-7-2-4-9(7)12-6-8-3-5-10(11)13-8/h3,5,7,9,12H,2,4,6H2,1H3. The third kappa shape index (κ3) is 2.26. The average Bonchev–Trinajstić information content (AvgIpc) is 2.49. The maximum absolute atomic E-state index is 5.46. The molecule has 0 amide bonds. The molecule has 3 heteroatoms. The van der Waals surface area contributed by atoms with Crippen molar-refractivity contribution in [3.05, 3.63) is 21.7 Å². The monoisotopic (exact) mass is 291 g/mol. The van der Waals surface area contributed by atoms with Gasteiger partial charge < -0.3 is 9.73 Å². The molecule has 2 unspecified atom stereocenters. The number of hydrogen-bond donors (Lipinski definition) is 1. The Labute approximate surface area is 92.2 Å². The highest BCUT2D eigenvalue weighted by atomic mass is 127. The second kappa shape index (κ2) is 4.00. The Morgan fingerprint density at radius 1 is 1.54 bits per heavy atom. The minimum absolute atomic E-state index is 0.711. The van der Waals surface area contributed by atoms with Crippen LogP contribution in [-0.2, 0) is 6.54 Å². The molecule has 1 aromatic heterocycles. The second-order valence-corrected chi connectivity index (χ2v) is 4.81. The number of hydrogen-bond acceptors (Lipinski definition) is 2. The summed E-state index contributed by atoms with van der Waals surface area (Å²) in [4.78, 5) is 0. The highest BCUT2D eigenvalue weighted by Gasteiger charge is 2.25. The van der Waals surface area contributed by atoms with Crippen LogP contribution in [0, 0.1) is 9.68 Å². The molecular formula is C10H14INO. The van der Waals surface area contributed by atoms with Crippen LogP contribution in [0.15, 0.2) is 16.5 Å². The first-order valence-corrected chi connectivity index (χ1v) is 5.81. The predicted octanol–water partition coefficient (Wildman–Crippen LogP) is 2.77. The quantitative estimate of drug-likeness (QED) is 0.866. The van der Waals surface area contributed by atoms with E-state index in [0.717, 1.165) is 22.0 Å². The van der Waals surface area contributed by atoms with Gasteiger partial charge in [0, 0.05) is 6.04 Å². The summed E-state index contributed by atoms with van der Waals surface area (Å²) >= 11 is 2.19. The first-order valence-electron chi connectivity index (χ1n) is 4.73. The molecule has 2 rings (SSSR count). The molecule has 1 saturated carbocycles. The van der Waals surface area contributed by atoms with Crippen molar-refractivity contribution < 1.29 is 4.42 Å². The van der Waals surface area contributed by atoms with Crippen LogP contribution in [0.3, 0.4) is 0 Å². The molecule has 0 radical (unpaired) electrons. The van der Waals surface area contributed by atoms with Crippen LogP contribution in [0.2, 0.25) is 0 Å². The van der Waals surface area contributed by atoms with Gasteiger partial charge in [0.25, 0.3) is 0 Å². The molecule has 1 aromatic rings. The molecule has 1 fully saturated rings. The summed E-state index contributed by atoms with van der Waals surface area (Å²) < 4.78 is 6.43. The lowest BCUT2D eigenvalue weighted by Gasteiger charge is -2.34. The van der Waals surface area contributed by atoms with Crippen LogP contribution in [-0.4, -0.2) is 6.04 Å². The number of rotatable bonds is 3. The summed E-state index contributed by atoms with van der Waals surface area (Å²) in [6.07, 6.45) is 2.69. The SMILES string of the molecule is CC1CCC1NCc1ccc(I)o1. The molecular weight excluding hydrogens is 277 g/mol. The average molecular weight is 291 g/mol. The molecule has 0 aliphatic heterocycles. The Morgan fingerprint density at radius 3 is 2.85 bits per heavy atom. The fraction of sp³-hybridized carbons (Fsp3) is 0.600. The van der Waals surface area contributed by atoms with Gasteiger partial charge in [0.15, 0.2) is 3.77 Å². The lowest BCUT2D eigenvalue weighted by atomic mass is 9.81. The van der Waals surface area contributed by atoms with Crippen molar-refractivity contribution in [3.63, 3.8) is 0 Å². The van der Waals surface area contributed by atoms with Crippen molar-refractivity contribution in [2.75, 3.05) is 0 Å². The molecule has 2 nitrogen and oxygen atoms in total. The zero-order chi connectivity index (χ0) is 9.26. The molecule has 0 saturated heterocycles. The van der Waals surface area contributed by atoms with E-state index in [1.54, 1.807) is 0 Å². The highest BCUT2D eigenvalue weighted by molar-refractivity contribution is 14.1. The Kier molecular flexibility index (Phi) is 2.93. The van der Waals surface area contributed by atoms with Crippen molar-refractivity contribution in [2.45, 2.75) is 32.4 Å². The largest absolute Gasteiger partial charge is 0.454 e. The van der Waals surface area contributed by atoms with Crippen molar-refractivity contribution >= 4 is 22.6 Å². The summed E-state index contributed by atoms with van der Waals surface area (Å²) in [5, 5.41) is 3.50. The summed E-state index contributed by atoms with van der Waals surface area (Å²) in [6, 6.07) is 4.75. The summed E-state index contributed by atoms with van der Waals surface area (Å²) in [7, 11) is 0. The molecule has 72 valence electrons. The van der Waals surface area contributed by atoms with Crippen molar-refractivity contribution in [2.24, 2.45) is 5.92 Å². The third-order valence-electron chi connectivity index (χ3n) is 2.79. The molecule has 0 spiro atoms. The Hall–Kier alpha value is -0.0300. The van der Waals surface area contributed by atoms with Gasteiger partial charge in [-0.1, -0.05) is 6.92 Å². The first kappa shape index (κ1) is 9.52. The number of nitrogens with one attached hydrogen (secondary N) is 1. The second-order valence-electron chi connectivity index (χ2n) is 3.75. The van der Waals surface area contributed by atoms with E-state index in [9.17, 15) is 0 Å². The van der Waals surface area contributed by atoms with Crippen LogP contribution in [0.5, 0.6) is 0 Å². The van der Waals surface area contributed by atoms with Crippen LogP contribution < -0.4 is 5.32 Å². The molecule has 0 aromatic carbocycles. The van der Waals surface area contributed by atoms with E-state index in [-0.39, 0.29) is 0 Å². The molecule has 2 atom stereocenters. The minimum Gasteiger partial charge on any atom is -0.454 e. The molecule has 1 aliphatic carbocycles. The van der Waals surface area contributed by atoms with E-state index >= 15 is 0 Å². The van der Waals surface area contributed by atoms with Gasteiger partial charge in [0.2, 0.25) is 0 Å². The van der Waals surface area contributed by atoms with E-state index in [0.29, 0.717) is 6.04 Å². The normalized spacial score (nSPS) is 27.2. The molecule has 0 bridgehead atoms. The lowest BCUT2D eigenvalue weighted by molar-refractivity contribution is 0.223. The van der Waals surface area contributed by atoms with Gasteiger partial charge in [0.1, 0.15) is 5.76 Å². The molecule has 1 aliphatic rings. The van der Waals surface area contributed by atoms with E-state index in [4.69, 9.17) is 4.42 Å². The van der Waals surface area contributed by atoms with Crippen LogP contribution >= 0.6 is 22.6 Å². The third-order valence-corrected chi connectivity index (χ3v) is 3.37. The fourth-order valence-electron chi connectivity index (χ4n) is 1.65. The van der Waals surface area contributed by atoms with Gasteiger partial charge in [-0.25, -0.2) is 0 Å². The zero-order valence-electron chi connectivity index (χ0n) is 7.72. The Balaban J connectivity index is 1.79. The van der Waals surface area contributed by atoms with Crippen molar-refractivity contribution in [1.82, 2.24) is 5.32 Å². The van der Waals surface area contributed by atoms with E-state index in [1.807, 2.05) is 12.1 Å². The van der Waals surface area contributed by atoms with Gasteiger partial charge in [-0.15, -0.1) is 0 Å². The summed E-state index contributed by atoms with van der Waals surface area (Å²) in [6.45, 7) is 3.17. The fourth-order valence-corrected chi connectivity index (χ4v) is 2.11. The van der Waals surface area contributed by atoms with Gasteiger partial charge in [-0.2, -0.15) is 0 Å². The van der Waals surface area contributed by atoms with Gasteiger partial charge in [-0.05, 0) is 53.5 Å². The summed E-state index contributed by atoms with van der Waals surface area (Å²) in [5.41, 5.74) is 0. The topological polar surface area (TPSA) is 25.2 Å². The molecule has 13 heavy (non-hydrogen) atoms. The predicted molar refractivity (Wildman–Crippen MR) is 60.5 cm³/mol. The minimum atomic E-state index is 0.711. The van der Waals surface area contributed by atoms with Gasteiger partial charge >= 0.3 is 0 Å². The maximum Gasteiger partial charge on any atom is 0.164 e. The molecule has 1 heterocycles. The van der Waals surface area contributed by atoms with E-state index in [2.05, 4.69) is 34.8 Å². The highest BCUT2D eigenvalue weighted by Crippen LogP contribution is 2.26. The van der Waals surface area contributed by atoms with Crippen LogP contribution in [0.25, 0.3) is 0 Å². The molecule has 1 N–H and O–H groups in total. The maximum atomic E-state index is 5.46.